The zero-order valence-corrected chi connectivity index (χ0v) is 26.3. The lowest BCUT2D eigenvalue weighted by molar-refractivity contribution is -0.143. The third kappa shape index (κ3) is 6.48. The number of ether oxygens (including phenoxy) is 1. The van der Waals surface area contributed by atoms with Gasteiger partial charge in [0.25, 0.3) is 8.32 Å². The number of hydrogen-bond donors (Lipinski definition) is 3. The summed E-state index contributed by atoms with van der Waals surface area (Å²) in [7, 11) is -2.38. The molecule has 1 saturated heterocycles. The van der Waals surface area contributed by atoms with Crippen molar-refractivity contribution in [2.24, 2.45) is 0 Å². The predicted octanol–water partition coefficient (Wildman–Crippen LogP) is 7.38. The van der Waals surface area contributed by atoms with E-state index in [1.807, 2.05) is 48.5 Å². The van der Waals surface area contributed by atoms with E-state index < -0.39 is 26.4 Å². The summed E-state index contributed by atoms with van der Waals surface area (Å²) in [5.41, 5.74) is 3.57. The van der Waals surface area contributed by atoms with Gasteiger partial charge in [0, 0.05) is 18.0 Å². The van der Waals surface area contributed by atoms with Crippen LogP contribution in [0.15, 0.2) is 54.7 Å². The first-order chi connectivity index (χ1) is 19.9. The standard InChI is InChI=1S/C32H43N3O6Si/c1-20(2)42(21(3)4,22(5)6)41-30-26-16-25(34-24-14-15-35(32(38)39)28(17-24)31(36)37)18-33-27(26)12-13-29(30)40-19-23-10-8-7-9-11-23/h7-13,16,18,20-22,24,28,34H,14-15,17,19H2,1-6H3,(H,36,37)(H,38,39)/t24-,28-/m0/s1. The van der Waals surface area contributed by atoms with Crippen LogP contribution in [0.1, 0.15) is 59.9 Å². The van der Waals surface area contributed by atoms with Gasteiger partial charge in [-0.1, -0.05) is 71.9 Å². The van der Waals surface area contributed by atoms with E-state index in [1.165, 1.54) is 0 Å². The number of aliphatic carboxylic acids is 1. The van der Waals surface area contributed by atoms with Gasteiger partial charge in [0.1, 0.15) is 12.6 Å². The second-order valence-electron chi connectivity index (χ2n) is 12.1. The SMILES string of the molecule is CC(C)[Si](Oc1c(OCc2ccccc2)ccc2ncc(N[C@H]3CCN(C(=O)O)[C@H](C(=O)O)C3)cc12)(C(C)C)C(C)C. The van der Waals surface area contributed by atoms with Crippen molar-refractivity contribution in [3.8, 4) is 11.5 Å². The first-order valence-corrected chi connectivity index (χ1v) is 16.8. The molecule has 1 aromatic heterocycles. The molecule has 1 amide bonds. The first kappa shape index (κ1) is 31.1. The zero-order valence-electron chi connectivity index (χ0n) is 25.3. The molecule has 0 saturated carbocycles. The Bertz CT molecular complexity index is 1380. The number of nitrogens with zero attached hydrogens (tertiary/aromatic N) is 2. The summed E-state index contributed by atoms with van der Waals surface area (Å²) >= 11 is 0. The van der Waals surface area contributed by atoms with Gasteiger partial charge in [-0.05, 0) is 53.2 Å². The molecular formula is C32H43N3O6Si. The molecule has 226 valence electrons. The van der Waals surface area contributed by atoms with Gasteiger partial charge in [0.2, 0.25) is 0 Å². The Morgan fingerprint density at radius 2 is 1.69 bits per heavy atom. The number of carboxylic acid groups (broad SMARTS) is 2. The Morgan fingerprint density at radius 3 is 2.29 bits per heavy atom. The molecule has 4 rings (SSSR count). The van der Waals surface area contributed by atoms with Crippen molar-refractivity contribution in [3.63, 3.8) is 0 Å². The van der Waals surface area contributed by atoms with Crippen molar-refractivity contribution < 1.29 is 29.0 Å². The molecule has 0 unspecified atom stereocenters. The van der Waals surface area contributed by atoms with Crippen LogP contribution < -0.4 is 14.5 Å². The van der Waals surface area contributed by atoms with Gasteiger partial charge in [-0.25, -0.2) is 9.59 Å². The first-order valence-electron chi connectivity index (χ1n) is 14.7. The van der Waals surface area contributed by atoms with Crippen LogP contribution in [0.4, 0.5) is 10.5 Å². The minimum atomic E-state index is -2.38. The van der Waals surface area contributed by atoms with E-state index >= 15 is 0 Å². The third-order valence-corrected chi connectivity index (χ3v) is 14.5. The van der Waals surface area contributed by atoms with Crippen LogP contribution >= 0.6 is 0 Å². The number of aromatic nitrogens is 1. The van der Waals surface area contributed by atoms with Gasteiger partial charge in [0.05, 0.1) is 17.4 Å². The molecule has 42 heavy (non-hydrogen) atoms. The van der Waals surface area contributed by atoms with Crippen LogP contribution in [0.5, 0.6) is 11.5 Å². The van der Waals surface area contributed by atoms with Crippen molar-refractivity contribution in [2.75, 3.05) is 11.9 Å². The molecule has 1 aliphatic heterocycles. The highest BCUT2D eigenvalue weighted by molar-refractivity contribution is 6.78. The lowest BCUT2D eigenvalue weighted by Gasteiger charge is -2.42. The highest BCUT2D eigenvalue weighted by Crippen LogP contribution is 2.47. The number of carbonyl (C=O) groups is 2. The maximum absolute atomic E-state index is 11.8. The van der Waals surface area contributed by atoms with Gasteiger partial charge in [-0.15, -0.1) is 0 Å². The molecule has 10 heteroatoms. The summed E-state index contributed by atoms with van der Waals surface area (Å²) in [6.07, 6.45) is 1.16. The molecule has 2 atom stereocenters. The Hall–Kier alpha value is -3.79. The molecule has 0 aliphatic carbocycles. The van der Waals surface area contributed by atoms with Crippen LogP contribution in [0, 0.1) is 0 Å². The summed E-state index contributed by atoms with van der Waals surface area (Å²) in [5, 5.41) is 23.3. The minimum absolute atomic E-state index is 0.141. The molecule has 3 aromatic rings. The van der Waals surface area contributed by atoms with Crippen LogP contribution in [0.2, 0.25) is 16.6 Å². The van der Waals surface area contributed by atoms with Gasteiger partial charge >= 0.3 is 12.1 Å². The molecule has 2 heterocycles. The van der Waals surface area contributed by atoms with Gasteiger partial charge < -0.3 is 24.7 Å². The fraction of sp³-hybridized carbons (Fsp3) is 0.469. The highest BCUT2D eigenvalue weighted by Gasteiger charge is 2.47. The second kappa shape index (κ2) is 13.0. The van der Waals surface area contributed by atoms with Gasteiger partial charge in [-0.3, -0.25) is 9.88 Å². The van der Waals surface area contributed by atoms with Crippen molar-refractivity contribution in [1.29, 1.82) is 0 Å². The zero-order chi connectivity index (χ0) is 30.6. The van der Waals surface area contributed by atoms with E-state index in [4.69, 9.17) is 14.1 Å². The van der Waals surface area contributed by atoms with Crippen LogP contribution in [-0.4, -0.2) is 59.1 Å². The number of rotatable bonds is 11. The minimum Gasteiger partial charge on any atom is -0.540 e. The highest BCUT2D eigenvalue weighted by atomic mass is 28.4. The third-order valence-electron chi connectivity index (χ3n) is 8.51. The number of pyridine rings is 1. The van der Waals surface area contributed by atoms with Gasteiger partial charge in [-0.2, -0.15) is 0 Å². The molecule has 0 radical (unpaired) electrons. The molecule has 3 N–H and O–H groups in total. The monoisotopic (exact) mass is 593 g/mol. The number of anilines is 1. The van der Waals surface area contributed by atoms with E-state index in [9.17, 15) is 19.8 Å². The molecule has 0 bridgehead atoms. The fourth-order valence-corrected chi connectivity index (χ4v) is 11.8. The normalized spacial score (nSPS) is 17.6. The van der Waals surface area contributed by atoms with Crippen LogP contribution in [0.25, 0.3) is 10.9 Å². The fourth-order valence-electron chi connectivity index (χ4n) is 6.51. The van der Waals surface area contributed by atoms with E-state index in [1.54, 1.807) is 6.20 Å². The maximum Gasteiger partial charge on any atom is 0.408 e. The van der Waals surface area contributed by atoms with Crippen molar-refractivity contribution in [3.05, 3.63) is 60.3 Å². The lowest BCUT2D eigenvalue weighted by Crippen LogP contribution is -2.52. The summed E-state index contributed by atoms with van der Waals surface area (Å²) in [5.74, 6) is 0.199. The topological polar surface area (TPSA) is 121 Å². The average molecular weight is 594 g/mol. The van der Waals surface area contributed by atoms with Crippen molar-refractivity contribution >= 4 is 37.0 Å². The molecule has 9 nitrogen and oxygen atoms in total. The molecule has 0 spiro atoms. The Labute approximate surface area is 249 Å². The Balaban J connectivity index is 1.74. The largest absolute Gasteiger partial charge is 0.540 e. The maximum atomic E-state index is 11.8. The van der Waals surface area contributed by atoms with Crippen molar-refractivity contribution in [1.82, 2.24) is 9.88 Å². The number of carboxylic acids is 1. The summed E-state index contributed by atoms with van der Waals surface area (Å²) < 4.78 is 13.7. The smallest absolute Gasteiger partial charge is 0.408 e. The number of benzene rings is 2. The number of fused-ring (bicyclic) bond motifs is 1. The molecule has 1 aliphatic rings. The summed E-state index contributed by atoms with van der Waals surface area (Å²) in [6.45, 7) is 14.0. The number of hydrogen-bond acceptors (Lipinski definition) is 6. The van der Waals surface area contributed by atoms with Crippen LogP contribution in [0.3, 0.4) is 0 Å². The molecular weight excluding hydrogens is 550 g/mol. The lowest BCUT2D eigenvalue weighted by atomic mass is 9.97. The van der Waals surface area contributed by atoms with E-state index in [0.717, 1.165) is 27.1 Å². The Kier molecular flexibility index (Phi) is 9.66. The number of amides is 1. The number of nitrogens with one attached hydrogen (secondary N) is 1. The summed E-state index contributed by atoms with van der Waals surface area (Å²) in [6, 6.07) is 14.5. The predicted molar refractivity (Wildman–Crippen MR) is 167 cm³/mol. The average Bonchev–Trinajstić information content (AvgIpc) is 2.94. The number of likely N-dealkylation sites (tertiary alicyclic amines) is 1. The molecule has 1 fully saturated rings. The van der Waals surface area contributed by atoms with E-state index in [-0.39, 0.29) is 19.0 Å². The van der Waals surface area contributed by atoms with E-state index in [2.05, 4.69) is 46.9 Å². The summed E-state index contributed by atoms with van der Waals surface area (Å²) in [4.78, 5) is 29.1. The second-order valence-corrected chi connectivity index (χ2v) is 17.4. The van der Waals surface area contributed by atoms with Crippen molar-refractivity contribution in [2.45, 2.75) is 89.7 Å². The Morgan fingerprint density at radius 1 is 1.02 bits per heavy atom. The molecule has 2 aromatic carbocycles. The quantitative estimate of drug-likeness (QED) is 0.197. The van der Waals surface area contributed by atoms with E-state index in [0.29, 0.717) is 41.2 Å². The van der Waals surface area contributed by atoms with Crippen LogP contribution in [-0.2, 0) is 11.4 Å². The number of piperidine rings is 1. The van der Waals surface area contributed by atoms with Gasteiger partial charge in [0.15, 0.2) is 11.5 Å².